The van der Waals surface area contributed by atoms with Gasteiger partial charge in [-0.05, 0) is 48.9 Å². The number of sulfonamides is 1. The number of carbonyl (C=O) groups is 1. The summed E-state index contributed by atoms with van der Waals surface area (Å²) in [5.41, 5.74) is 1.20. The topological polar surface area (TPSA) is 120 Å². The molecule has 0 aromatic heterocycles. The van der Waals surface area contributed by atoms with E-state index in [1.54, 1.807) is 30.3 Å². The molecule has 2 aliphatic heterocycles. The van der Waals surface area contributed by atoms with Crippen molar-refractivity contribution in [2.75, 3.05) is 25.5 Å². The van der Waals surface area contributed by atoms with E-state index in [1.807, 2.05) is 0 Å². The van der Waals surface area contributed by atoms with E-state index >= 15 is 0 Å². The Morgan fingerprint density at radius 1 is 1.19 bits per heavy atom. The van der Waals surface area contributed by atoms with Crippen molar-refractivity contribution in [3.8, 4) is 11.5 Å². The Hall–Kier alpha value is -2.82. The first-order valence-electron chi connectivity index (χ1n) is 10.1. The summed E-state index contributed by atoms with van der Waals surface area (Å²) >= 11 is 0. The number of nitrogens with one attached hydrogen (secondary N) is 1. The number of anilines is 1. The maximum atomic E-state index is 12.8. The highest BCUT2D eigenvalue weighted by Gasteiger charge is 2.46. The van der Waals surface area contributed by atoms with Crippen molar-refractivity contribution in [3.63, 3.8) is 0 Å². The molecule has 9 nitrogen and oxygen atoms in total. The summed E-state index contributed by atoms with van der Waals surface area (Å²) < 4.78 is 49.8. The number of benzene rings is 2. The zero-order valence-electron chi connectivity index (χ0n) is 17.7. The van der Waals surface area contributed by atoms with E-state index in [-0.39, 0.29) is 23.8 Å². The minimum absolute atomic E-state index is 0.0648. The van der Waals surface area contributed by atoms with E-state index in [0.717, 1.165) is 5.56 Å². The van der Waals surface area contributed by atoms with Gasteiger partial charge in [0.2, 0.25) is 0 Å². The predicted molar refractivity (Wildman–Crippen MR) is 114 cm³/mol. The monoisotopic (exact) mass is 463 g/mol. The molecule has 0 unspecified atom stereocenters. The molecular formula is C22H25NO8S. The molecular weight excluding hydrogens is 438 g/mol. The van der Waals surface area contributed by atoms with Crippen LogP contribution in [-0.2, 0) is 24.3 Å². The Bertz CT molecular complexity index is 1090. The number of aliphatic hydroxyl groups excluding tert-OH is 1. The Morgan fingerprint density at radius 2 is 1.94 bits per heavy atom. The molecule has 1 fully saturated rings. The molecule has 2 heterocycles. The van der Waals surface area contributed by atoms with E-state index in [2.05, 4.69) is 4.72 Å². The molecule has 2 N–H and O–H groups in total. The first-order chi connectivity index (χ1) is 15.3. The van der Waals surface area contributed by atoms with Gasteiger partial charge in [-0.1, -0.05) is 0 Å². The van der Waals surface area contributed by atoms with Crippen LogP contribution >= 0.6 is 0 Å². The first-order valence-corrected chi connectivity index (χ1v) is 11.6. The van der Waals surface area contributed by atoms with Gasteiger partial charge in [-0.15, -0.1) is 0 Å². The van der Waals surface area contributed by atoms with Crippen LogP contribution < -0.4 is 14.2 Å². The van der Waals surface area contributed by atoms with E-state index < -0.39 is 34.3 Å². The van der Waals surface area contributed by atoms with E-state index in [1.165, 1.54) is 26.4 Å². The van der Waals surface area contributed by atoms with Crippen LogP contribution in [0.25, 0.3) is 0 Å². The zero-order valence-corrected chi connectivity index (χ0v) is 18.5. The van der Waals surface area contributed by atoms with Gasteiger partial charge < -0.3 is 24.1 Å². The number of esters is 1. The third kappa shape index (κ3) is 4.38. The quantitative estimate of drug-likeness (QED) is 0.599. The Morgan fingerprint density at radius 3 is 2.59 bits per heavy atom. The van der Waals surface area contributed by atoms with E-state index in [4.69, 9.17) is 18.9 Å². The summed E-state index contributed by atoms with van der Waals surface area (Å²) in [5, 5.41) is 9.78. The van der Waals surface area contributed by atoms with Crippen LogP contribution in [-0.4, -0.2) is 58.6 Å². The number of hydrogen-bond acceptors (Lipinski definition) is 8. The fourth-order valence-electron chi connectivity index (χ4n) is 4.19. The largest absolute Gasteiger partial charge is 0.497 e. The summed E-state index contributed by atoms with van der Waals surface area (Å²) in [6, 6.07) is 11.1. The fourth-order valence-corrected chi connectivity index (χ4v) is 5.24. The zero-order chi connectivity index (χ0) is 22.9. The van der Waals surface area contributed by atoms with Crippen molar-refractivity contribution >= 4 is 21.7 Å². The van der Waals surface area contributed by atoms with Crippen LogP contribution in [0, 0.1) is 0 Å². The van der Waals surface area contributed by atoms with Crippen molar-refractivity contribution in [3.05, 3.63) is 48.0 Å². The fraction of sp³-hybridized carbons (Fsp3) is 0.409. The lowest BCUT2D eigenvalue weighted by atomic mass is 9.84. The highest BCUT2D eigenvalue weighted by Crippen LogP contribution is 2.47. The highest BCUT2D eigenvalue weighted by molar-refractivity contribution is 7.92. The van der Waals surface area contributed by atoms with Gasteiger partial charge in [0.05, 0.1) is 38.2 Å². The van der Waals surface area contributed by atoms with Crippen molar-refractivity contribution < 1.29 is 37.3 Å². The van der Waals surface area contributed by atoms with E-state index in [9.17, 15) is 18.3 Å². The molecule has 0 radical (unpaired) electrons. The second kappa shape index (κ2) is 8.97. The molecule has 4 atom stereocenters. The Balaban J connectivity index is 1.57. The Labute approximate surface area is 186 Å². The molecule has 2 aromatic carbocycles. The van der Waals surface area contributed by atoms with Crippen LogP contribution in [0.5, 0.6) is 11.5 Å². The summed E-state index contributed by atoms with van der Waals surface area (Å²) in [5.74, 6) is 0.610. The molecule has 0 spiro atoms. The average molecular weight is 464 g/mol. The molecule has 0 saturated carbocycles. The van der Waals surface area contributed by atoms with Gasteiger partial charge in [0.15, 0.2) is 0 Å². The van der Waals surface area contributed by atoms with E-state index in [0.29, 0.717) is 23.6 Å². The molecule has 0 aliphatic carbocycles. The van der Waals surface area contributed by atoms with Crippen LogP contribution in [0.2, 0.25) is 0 Å². The van der Waals surface area contributed by atoms with Gasteiger partial charge in [0.1, 0.15) is 23.7 Å². The van der Waals surface area contributed by atoms with Gasteiger partial charge in [-0.25, -0.2) is 8.42 Å². The summed E-state index contributed by atoms with van der Waals surface area (Å²) in [6.07, 6.45) is -0.907. The smallest absolute Gasteiger partial charge is 0.308 e. The van der Waals surface area contributed by atoms with Crippen LogP contribution in [0.1, 0.15) is 24.3 Å². The Kier molecular flexibility index (Phi) is 6.27. The maximum Gasteiger partial charge on any atom is 0.308 e. The maximum absolute atomic E-state index is 12.8. The van der Waals surface area contributed by atoms with Gasteiger partial charge in [-0.3, -0.25) is 9.52 Å². The second-order valence-corrected chi connectivity index (χ2v) is 9.40. The van der Waals surface area contributed by atoms with Crippen LogP contribution in [0.15, 0.2) is 47.4 Å². The molecule has 10 heteroatoms. The molecule has 0 amide bonds. The number of hydrogen-bond donors (Lipinski definition) is 2. The third-order valence-corrected chi connectivity index (χ3v) is 7.14. The number of ether oxygens (including phenoxy) is 4. The molecule has 32 heavy (non-hydrogen) atoms. The first kappa shape index (κ1) is 22.4. The number of methoxy groups -OCH3 is 2. The van der Waals surface area contributed by atoms with Gasteiger partial charge in [0, 0.05) is 17.2 Å². The predicted octanol–water partition coefficient (Wildman–Crippen LogP) is 2.05. The third-order valence-electron chi connectivity index (χ3n) is 5.74. The SMILES string of the molecule is COC(=O)C[C@H]1C[C@H]2c3cc(NS(=O)(=O)c4ccc(OC)cc4)ccc3O[C@H]2[C@@H](CO)O1. The number of carbonyl (C=O) groups excluding carboxylic acids is 1. The van der Waals surface area contributed by atoms with Crippen LogP contribution in [0.4, 0.5) is 5.69 Å². The second-order valence-electron chi connectivity index (χ2n) is 7.72. The molecule has 2 aromatic rings. The minimum atomic E-state index is -3.80. The number of fused-ring (bicyclic) bond motifs is 3. The molecule has 0 bridgehead atoms. The van der Waals surface area contributed by atoms with Crippen molar-refractivity contribution in [2.24, 2.45) is 0 Å². The standard InChI is InChI=1S/C22H25NO8S/c1-28-14-4-6-16(7-5-14)32(26,27)23-13-3-8-19-17(9-13)18-10-15(11-21(25)29-2)30-20(12-24)22(18)31-19/h3-9,15,18,20,22-24H,10-12H2,1-2H3/t15-,18+,20-,22-/m1/s1. The summed E-state index contributed by atoms with van der Waals surface area (Å²) in [6.45, 7) is -0.260. The lowest BCUT2D eigenvalue weighted by molar-refractivity contribution is -0.156. The highest BCUT2D eigenvalue weighted by atomic mass is 32.2. The molecule has 2 aliphatic rings. The molecule has 4 rings (SSSR count). The van der Waals surface area contributed by atoms with Crippen molar-refractivity contribution in [2.45, 2.75) is 42.0 Å². The molecule has 1 saturated heterocycles. The normalized spacial score (nSPS) is 24.1. The number of rotatable bonds is 7. The lowest BCUT2D eigenvalue weighted by Gasteiger charge is -2.36. The average Bonchev–Trinajstić information content (AvgIpc) is 3.16. The summed E-state index contributed by atoms with van der Waals surface area (Å²) in [4.78, 5) is 11.8. The minimum Gasteiger partial charge on any atom is -0.497 e. The van der Waals surface area contributed by atoms with Gasteiger partial charge in [0.25, 0.3) is 10.0 Å². The lowest BCUT2D eigenvalue weighted by Crippen LogP contribution is -2.46. The summed E-state index contributed by atoms with van der Waals surface area (Å²) in [7, 11) is -0.982. The van der Waals surface area contributed by atoms with Crippen molar-refractivity contribution in [1.29, 1.82) is 0 Å². The number of aliphatic hydroxyl groups is 1. The molecule has 172 valence electrons. The van der Waals surface area contributed by atoms with Crippen molar-refractivity contribution in [1.82, 2.24) is 0 Å². The van der Waals surface area contributed by atoms with Gasteiger partial charge in [-0.2, -0.15) is 0 Å². The van der Waals surface area contributed by atoms with Crippen LogP contribution in [0.3, 0.4) is 0 Å². The van der Waals surface area contributed by atoms with Gasteiger partial charge >= 0.3 is 5.97 Å².